The number of aromatic nitrogens is 1. The minimum absolute atomic E-state index is 0. The van der Waals surface area contributed by atoms with Crippen LogP contribution in [0.25, 0.3) is 11.1 Å². The van der Waals surface area contributed by atoms with Crippen LogP contribution >= 0.6 is 0 Å². The molecule has 0 saturated heterocycles. The van der Waals surface area contributed by atoms with E-state index in [1.165, 1.54) is 18.2 Å². The van der Waals surface area contributed by atoms with Crippen LogP contribution in [0.3, 0.4) is 0 Å². The second-order valence-corrected chi connectivity index (χ2v) is 2.50. The van der Waals surface area contributed by atoms with Crippen LogP contribution in [0.4, 0.5) is 0 Å². The number of oxazole rings is 1. The van der Waals surface area contributed by atoms with E-state index in [1.807, 2.05) is 0 Å². The van der Waals surface area contributed by atoms with Gasteiger partial charge in [0.05, 0.1) is 5.56 Å². The first-order valence-corrected chi connectivity index (χ1v) is 3.53. The molecule has 1 aromatic carbocycles. The summed E-state index contributed by atoms with van der Waals surface area (Å²) in [4.78, 5) is 23.7. The SMILES string of the molecule is O=C(O)c1cccc2oc(=O)[nH]c12.[LiH]. The summed E-state index contributed by atoms with van der Waals surface area (Å²) in [6.45, 7) is 0. The third-order valence-electron chi connectivity index (χ3n) is 1.69. The fourth-order valence-corrected chi connectivity index (χ4v) is 1.15. The molecule has 2 aromatic rings. The minimum atomic E-state index is -1.09. The summed E-state index contributed by atoms with van der Waals surface area (Å²) < 4.78 is 4.68. The van der Waals surface area contributed by atoms with Gasteiger partial charge in [0.25, 0.3) is 0 Å². The number of hydrogen-bond acceptors (Lipinski definition) is 3. The van der Waals surface area contributed by atoms with E-state index in [-0.39, 0.29) is 35.5 Å². The van der Waals surface area contributed by atoms with Crippen molar-refractivity contribution in [1.82, 2.24) is 4.98 Å². The van der Waals surface area contributed by atoms with Crippen LogP contribution in [0.5, 0.6) is 0 Å². The van der Waals surface area contributed by atoms with Crippen molar-refractivity contribution in [1.29, 1.82) is 0 Å². The molecule has 2 rings (SSSR count). The van der Waals surface area contributed by atoms with Crippen molar-refractivity contribution in [2.24, 2.45) is 0 Å². The Balaban J connectivity index is 0.000000980. The Morgan fingerprint density at radius 1 is 1.43 bits per heavy atom. The van der Waals surface area contributed by atoms with Gasteiger partial charge in [-0.05, 0) is 12.1 Å². The van der Waals surface area contributed by atoms with Crippen LogP contribution in [-0.2, 0) is 0 Å². The summed E-state index contributed by atoms with van der Waals surface area (Å²) >= 11 is 0. The van der Waals surface area contributed by atoms with Crippen LogP contribution in [0.2, 0.25) is 0 Å². The molecule has 2 N–H and O–H groups in total. The van der Waals surface area contributed by atoms with Crippen molar-refractivity contribution in [2.75, 3.05) is 0 Å². The van der Waals surface area contributed by atoms with Gasteiger partial charge in [0.1, 0.15) is 5.52 Å². The van der Waals surface area contributed by atoms with Crippen molar-refractivity contribution >= 4 is 35.9 Å². The molecule has 0 aliphatic heterocycles. The molecule has 0 amide bonds. The van der Waals surface area contributed by atoms with E-state index in [0.29, 0.717) is 0 Å². The van der Waals surface area contributed by atoms with Crippen molar-refractivity contribution < 1.29 is 14.3 Å². The number of carboxylic acid groups (broad SMARTS) is 1. The number of para-hydroxylation sites is 1. The number of H-pyrrole nitrogens is 1. The average molecular weight is 187 g/mol. The maximum atomic E-state index is 10.7. The quantitative estimate of drug-likeness (QED) is 0.623. The van der Waals surface area contributed by atoms with Crippen molar-refractivity contribution in [3.05, 3.63) is 34.3 Å². The van der Waals surface area contributed by atoms with Gasteiger partial charge in [-0.1, -0.05) is 6.07 Å². The molecule has 1 aromatic heterocycles. The third kappa shape index (κ3) is 1.60. The molecule has 1 heterocycles. The van der Waals surface area contributed by atoms with E-state index in [2.05, 4.69) is 9.40 Å². The molecular formula is C8H6LiNO4. The standard InChI is InChI=1S/C8H5NO4.Li.H/c10-7(11)4-2-1-3-5-6(4)9-8(12)13-5;;/h1-3H,(H,9,12)(H,10,11);;. The Bertz CT molecular complexity index is 527. The van der Waals surface area contributed by atoms with Gasteiger partial charge in [0.2, 0.25) is 0 Å². The van der Waals surface area contributed by atoms with Gasteiger partial charge < -0.3 is 9.52 Å². The zero-order valence-electron chi connectivity index (χ0n) is 6.40. The summed E-state index contributed by atoms with van der Waals surface area (Å²) in [5.74, 6) is -1.74. The van der Waals surface area contributed by atoms with Gasteiger partial charge in [-0.15, -0.1) is 0 Å². The Kier molecular flexibility index (Phi) is 2.84. The molecule has 0 aliphatic carbocycles. The van der Waals surface area contributed by atoms with Crippen LogP contribution < -0.4 is 5.76 Å². The predicted octanol–water partition coefficient (Wildman–Crippen LogP) is 0.171. The second kappa shape index (κ2) is 3.74. The van der Waals surface area contributed by atoms with Gasteiger partial charge in [-0.3, -0.25) is 4.98 Å². The molecule has 0 unspecified atom stereocenters. The number of nitrogens with one attached hydrogen (secondary N) is 1. The van der Waals surface area contributed by atoms with Gasteiger partial charge in [-0.2, -0.15) is 0 Å². The fraction of sp³-hybridized carbons (Fsp3) is 0. The summed E-state index contributed by atoms with van der Waals surface area (Å²) in [5.41, 5.74) is 0.508. The van der Waals surface area contributed by atoms with Gasteiger partial charge in [0.15, 0.2) is 5.58 Å². The molecule has 0 saturated carbocycles. The topological polar surface area (TPSA) is 83.3 Å². The monoisotopic (exact) mass is 187 g/mol. The van der Waals surface area contributed by atoms with Crippen molar-refractivity contribution in [3.63, 3.8) is 0 Å². The first-order chi connectivity index (χ1) is 6.18. The van der Waals surface area contributed by atoms with Crippen LogP contribution in [0.15, 0.2) is 27.4 Å². The number of aromatic amines is 1. The van der Waals surface area contributed by atoms with Crippen LogP contribution in [-0.4, -0.2) is 34.9 Å². The van der Waals surface area contributed by atoms with Crippen LogP contribution in [0, 0.1) is 0 Å². The summed E-state index contributed by atoms with van der Waals surface area (Å²) in [5, 5.41) is 8.73. The Labute approximate surface area is 89.9 Å². The third-order valence-corrected chi connectivity index (χ3v) is 1.69. The molecule has 14 heavy (non-hydrogen) atoms. The number of aromatic carboxylic acids is 1. The zero-order chi connectivity index (χ0) is 9.42. The van der Waals surface area contributed by atoms with E-state index in [0.717, 1.165) is 0 Å². The Morgan fingerprint density at radius 2 is 2.14 bits per heavy atom. The molecule has 0 spiro atoms. The number of hydrogen-bond donors (Lipinski definition) is 2. The molecule has 68 valence electrons. The average Bonchev–Trinajstić information content (AvgIpc) is 2.43. The van der Waals surface area contributed by atoms with Gasteiger partial charge in [-0.25, -0.2) is 9.59 Å². The molecule has 0 aliphatic rings. The fourth-order valence-electron chi connectivity index (χ4n) is 1.15. The zero-order valence-corrected chi connectivity index (χ0v) is 6.40. The first kappa shape index (κ1) is 10.6. The molecule has 6 heteroatoms. The maximum absolute atomic E-state index is 10.7. The van der Waals surface area contributed by atoms with E-state index >= 15 is 0 Å². The molecular weight excluding hydrogens is 181 g/mol. The summed E-state index contributed by atoms with van der Waals surface area (Å²) in [6, 6.07) is 4.44. The van der Waals surface area contributed by atoms with Gasteiger partial charge >= 0.3 is 30.6 Å². The molecule has 0 fully saturated rings. The molecule has 0 atom stereocenters. The first-order valence-electron chi connectivity index (χ1n) is 3.53. The number of benzene rings is 1. The molecule has 0 bridgehead atoms. The molecule has 5 nitrogen and oxygen atoms in total. The van der Waals surface area contributed by atoms with E-state index in [4.69, 9.17) is 5.11 Å². The van der Waals surface area contributed by atoms with Crippen LogP contribution in [0.1, 0.15) is 10.4 Å². The Hall–Kier alpha value is -1.44. The number of carboxylic acids is 1. The predicted molar refractivity (Wildman–Crippen MR) is 50.9 cm³/mol. The molecule has 0 radical (unpaired) electrons. The number of rotatable bonds is 1. The summed E-state index contributed by atoms with van der Waals surface area (Å²) in [6.07, 6.45) is 0. The number of carbonyl (C=O) groups is 1. The summed E-state index contributed by atoms with van der Waals surface area (Å²) in [7, 11) is 0. The van der Waals surface area contributed by atoms with Crippen molar-refractivity contribution in [3.8, 4) is 0 Å². The van der Waals surface area contributed by atoms with Gasteiger partial charge in [0, 0.05) is 0 Å². The van der Waals surface area contributed by atoms with Crippen molar-refractivity contribution in [2.45, 2.75) is 0 Å². The van der Waals surface area contributed by atoms with E-state index in [1.54, 1.807) is 0 Å². The van der Waals surface area contributed by atoms with E-state index in [9.17, 15) is 9.59 Å². The normalized spacial score (nSPS) is 9.71. The number of fused-ring (bicyclic) bond motifs is 1. The van der Waals surface area contributed by atoms with E-state index < -0.39 is 11.7 Å². The Morgan fingerprint density at radius 3 is 2.79 bits per heavy atom. The second-order valence-electron chi connectivity index (χ2n) is 2.50.